The van der Waals surface area contributed by atoms with E-state index in [-0.39, 0.29) is 5.63 Å². The highest BCUT2D eigenvalue weighted by atomic mass is 16.5. The molecule has 24 heavy (non-hydrogen) atoms. The number of quaternary nitrogens is 1. The minimum absolute atomic E-state index is 0.261. The predicted molar refractivity (Wildman–Crippen MR) is 92.3 cm³/mol. The summed E-state index contributed by atoms with van der Waals surface area (Å²) in [7, 11) is 0. The molecule has 3 aromatic rings. The average Bonchev–Trinajstić information content (AvgIpc) is 2.60. The standard InChI is InChI=1S/C20H19NO3/c1-13-14(2)20(22)24-19-16(13)8-9-18-17(19)11-21(12-23-18)10-15-6-4-3-5-7-15/h3-9H,10-12H2,1-2H3/p+1. The number of hydrogen-bond acceptors (Lipinski definition) is 3. The van der Waals surface area contributed by atoms with Crippen LogP contribution in [0.5, 0.6) is 5.75 Å². The average molecular weight is 322 g/mol. The summed E-state index contributed by atoms with van der Waals surface area (Å²) >= 11 is 0. The summed E-state index contributed by atoms with van der Waals surface area (Å²) in [4.78, 5) is 13.4. The van der Waals surface area contributed by atoms with Crippen molar-refractivity contribution in [1.29, 1.82) is 0 Å². The summed E-state index contributed by atoms with van der Waals surface area (Å²) in [5, 5.41) is 0.996. The third kappa shape index (κ3) is 2.49. The number of fused-ring (bicyclic) bond motifs is 3. The summed E-state index contributed by atoms with van der Waals surface area (Å²) in [6.07, 6.45) is 0. The van der Waals surface area contributed by atoms with E-state index in [1.165, 1.54) is 10.5 Å². The van der Waals surface area contributed by atoms with Gasteiger partial charge in [0.15, 0.2) is 5.58 Å². The summed E-state index contributed by atoms with van der Waals surface area (Å²) < 4.78 is 11.5. The van der Waals surface area contributed by atoms with Crippen LogP contribution in [0.25, 0.3) is 11.0 Å². The molecule has 0 saturated carbocycles. The van der Waals surface area contributed by atoms with E-state index in [4.69, 9.17) is 9.15 Å². The first-order chi connectivity index (χ1) is 11.6. The molecular weight excluding hydrogens is 302 g/mol. The van der Waals surface area contributed by atoms with Gasteiger partial charge in [0.2, 0.25) is 6.73 Å². The summed E-state index contributed by atoms with van der Waals surface area (Å²) in [6, 6.07) is 14.3. The molecule has 0 aliphatic carbocycles. The molecule has 1 aliphatic heterocycles. The van der Waals surface area contributed by atoms with Crippen molar-refractivity contribution in [3.8, 4) is 5.75 Å². The molecule has 1 aliphatic rings. The minimum atomic E-state index is -0.261. The third-order valence-corrected chi connectivity index (χ3v) is 4.84. The Morgan fingerprint density at radius 1 is 1.04 bits per heavy atom. The number of aryl methyl sites for hydroxylation is 1. The lowest BCUT2D eigenvalue weighted by Gasteiger charge is -2.26. The highest BCUT2D eigenvalue weighted by Crippen LogP contribution is 2.30. The van der Waals surface area contributed by atoms with E-state index >= 15 is 0 Å². The maximum atomic E-state index is 12.1. The summed E-state index contributed by atoms with van der Waals surface area (Å²) in [6.45, 7) is 6.06. The number of benzene rings is 2. The monoisotopic (exact) mass is 322 g/mol. The van der Waals surface area contributed by atoms with Crippen LogP contribution in [0.15, 0.2) is 51.7 Å². The molecule has 0 radical (unpaired) electrons. The quantitative estimate of drug-likeness (QED) is 0.737. The largest absolute Gasteiger partial charge is 0.445 e. The molecule has 0 saturated heterocycles. The van der Waals surface area contributed by atoms with Gasteiger partial charge in [-0.25, -0.2) is 4.79 Å². The zero-order valence-electron chi connectivity index (χ0n) is 13.9. The first-order valence-electron chi connectivity index (χ1n) is 8.19. The van der Waals surface area contributed by atoms with E-state index in [1.54, 1.807) is 0 Å². The van der Waals surface area contributed by atoms with Gasteiger partial charge in [0.25, 0.3) is 0 Å². The van der Waals surface area contributed by atoms with E-state index in [9.17, 15) is 4.79 Å². The van der Waals surface area contributed by atoms with E-state index in [2.05, 4.69) is 12.1 Å². The van der Waals surface area contributed by atoms with Crippen molar-refractivity contribution in [3.05, 3.63) is 75.1 Å². The first kappa shape index (κ1) is 15.0. The SMILES string of the molecule is Cc1c(C)c2ccc3c(c2oc1=O)C[NH+](Cc1ccccc1)CO3. The van der Waals surface area contributed by atoms with Crippen LogP contribution < -0.4 is 15.3 Å². The van der Waals surface area contributed by atoms with Crippen LogP contribution in [-0.4, -0.2) is 6.73 Å². The van der Waals surface area contributed by atoms with Gasteiger partial charge in [0, 0.05) is 16.5 Å². The predicted octanol–water partition coefficient (Wildman–Crippen LogP) is 2.34. The Balaban J connectivity index is 1.75. The van der Waals surface area contributed by atoms with Gasteiger partial charge in [-0.05, 0) is 31.5 Å². The van der Waals surface area contributed by atoms with E-state index < -0.39 is 0 Å². The van der Waals surface area contributed by atoms with Crippen LogP contribution in [0.4, 0.5) is 0 Å². The van der Waals surface area contributed by atoms with E-state index in [0.717, 1.165) is 35.4 Å². The van der Waals surface area contributed by atoms with Crippen molar-refractivity contribution < 1.29 is 14.1 Å². The maximum absolute atomic E-state index is 12.1. The van der Waals surface area contributed by atoms with E-state index in [0.29, 0.717) is 17.9 Å². The van der Waals surface area contributed by atoms with Gasteiger partial charge >= 0.3 is 5.63 Å². The van der Waals surface area contributed by atoms with Crippen LogP contribution in [-0.2, 0) is 13.1 Å². The third-order valence-electron chi connectivity index (χ3n) is 4.84. The Morgan fingerprint density at radius 2 is 1.83 bits per heavy atom. The number of hydrogen-bond donors (Lipinski definition) is 1. The molecular formula is C20H20NO3+. The number of nitrogens with one attached hydrogen (secondary N) is 1. The zero-order chi connectivity index (χ0) is 16.7. The lowest BCUT2D eigenvalue weighted by atomic mass is 10.0. The van der Waals surface area contributed by atoms with Gasteiger partial charge in [0.05, 0.1) is 5.56 Å². The number of rotatable bonds is 2. The molecule has 1 N–H and O–H groups in total. The molecule has 2 aromatic carbocycles. The molecule has 4 nitrogen and oxygen atoms in total. The molecule has 0 amide bonds. The smallest absolute Gasteiger partial charge is 0.339 e. The van der Waals surface area contributed by atoms with Crippen molar-refractivity contribution in [1.82, 2.24) is 0 Å². The fraction of sp³-hybridized carbons (Fsp3) is 0.250. The van der Waals surface area contributed by atoms with Gasteiger partial charge in [-0.2, -0.15) is 0 Å². The second-order valence-electron chi connectivity index (χ2n) is 6.44. The maximum Gasteiger partial charge on any atom is 0.339 e. The van der Waals surface area contributed by atoms with Crippen molar-refractivity contribution in [3.63, 3.8) is 0 Å². The minimum Gasteiger partial charge on any atom is -0.445 e. The van der Waals surface area contributed by atoms with Crippen LogP contribution in [0.3, 0.4) is 0 Å². The van der Waals surface area contributed by atoms with Gasteiger partial charge < -0.3 is 9.15 Å². The van der Waals surface area contributed by atoms with Crippen molar-refractivity contribution in [2.45, 2.75) is 26.9 Å². The highest BCUT2D eigenvalue weighted by Gasteiger charge is 2.25. The van der Waals surface area contributed by atoms with Crippen molar-refractivity contribution in [2.75, 3.05) is 6.73 Å². The van der Waals surface area contributed by atoms with Crippen molar-refractivity contribution >= 4 is 11.0 Å². The van der Waals surface area contributed by atoms with Crippen LogP contribution >= 0.6 is 0 Å². The highest BCUT2D eigenvalue weighted by molar-refractivity contribution is 5.85. The van der Waals surface area contributed by atoms with Gasteiger partial charge in [0.1, 0.15) is 18.8 Å². The Kier molecular flexibility index (Phi) is 3.62. The van der Waals surface area contributed by atoms with Crippen LogP contribution in [0, 0.1) is 13.8 Å². The van der Waals surface area contributed by atoms with Gasteiger partial charge in [-0.1, -0.05) is 30.3 Å². The lowest BCUT2D eigenvalue weighted by molar-refractivity contribution is -0.945. The summed E-state index contributed by atoms with van der Waals surface area (Å²) in [5.74, 6) is 0.825. The second-order valence-corrected chi connectivity index (χ2v) is 6.44. The van der Waals surface area contributed by atoms with Gasteiger partial charge in [-0.15, -0.1) is 0 Å². The molecule has 0 bridgehead atoms. The fourth-order valence-electron chi connectivity index (χ4n) is 3.33. The fourth-order valence-corrected chi connectivity index (χ4v) is 3.33. The Bertz CT molecular complexity index is 960. The van der Waals surface area contributed by atoms with Crippen LogP contribution in [0.1, 0.15) is 22.3 Å². The topological polar surface area (TPSA) is 43.9 Å². The summed E-state index contributed by atoms with van der Waals surface area (Å²) in [5.41, 5.74) is 4.33. The molecule has 4 heteroatoms. The number of ether oxygens (including phenoxy) is 1. The molecule has 0 fully saturated rings. The molecule has 1 unspecified atom stereocenters. The molecule has 4 rings (SSSR count). The Labute approximate surface area is 140 Å². The molecule has 0 spiro atoms. The molecule has 2 heterocycles. The first-order valence-corrected chi connectivity index (χ1v) is 8.19. The Morgan fingerprint density at radius 3 is 2.62 bits per heavy atom. The van der Waals surface area contributed by atoms with Crippen molar-refractivity contribution in [2.24, 2.45) is 0 Å². The second kappa shape index (κ2) is 5.80. The van der Waals surface area contributed by atoms with Gasteiger partial charge in [-0.3, -0.25) is 4.90 Å². The molecule has 1 atom stereocenters. The normalized spacial score (nSPS) is 16.7. The van der Waals surface area contributed by atoms with E-state index in [1.807, 2.05) is 44.2 Å². The Hall–Kier alpha value is -2.59. The molecule has 122 valence electrons. The molecule has 1 aromatic heterocycles. The zero-order valence-corrected chi connectivity index (χ0v) is 13.9. The van der Waals surface area contributed by atoms with Crippen LogP contribution in [0.2, 0.25) is 0 Å². The lowest BCUT2D eigenvalue weighted by Crippen LogP contribution is -3.10.